The third-order valence-corrected chi connectivity index (χ3v) is 5.09. The lowest BCUT2D eigenvalue weighted by Crippen LogP contribution is -2.49. The van der Waals surface area contributed by atoms with Crippen LogP contribution in [0.3, 0.4) is 0 Å². The van der Waals surface area contributed by atoms with Crippen LogP contribution < -0.4 is 5.32 Å². The summed E-state index contributed by atoms with van der Waals surface area (Å²) < 4.78 is 0. The minimum absolute atomic E-state index is 0.112. The summed E-state index contributed by atoms with van der Waals surface area (Å²) in [4.78, 5) is 4.74. The highest BCUT2D eigenvalue weighted by Crippen LogP contribution is 2.52. The van der Waals surface area contributed by atoms with Crippen LogP contribution >= 0.6 is 11.3 Å². The van der Waals surface area contributed by atoms with Crippen LogP contribution in [-0.2, 0) is 5.54 Å². The Balaban J connectivity index is 2.43. The van der Waals surface area contributed by atoms with Crippen LogP contribution in [0, 0.1) is 12.3 Å². The molecule has 0 aliphatic heterocycles. The fraction of sp³-hybridized carbons (Fsp3) is 0.769. The van der Waals surface area contributed by atoms with E-state index in [1.54, 1.807) is 0 Å². The van der Waals surface area contributed by atoms with Crippen molar-refractivity contribution in [1.82, 2.24) is 10.3 Å². The van der Waals surface area contributed by atoms with Gasteiger partial charge in [-0.15, -0.1) is 11.3 Å². The second-order valence-corrected chi connectivity index (χ2v) is 6.33. The number of nitrogens with one attached hydrogen (secondary N) is 1. The van der Waals surface area contributed by atoms with Gasteiger partial charge in [0.1, 0.15) is 5.01 Å². The molecule has 16 heavy (non-hydrogen) atoms. The van der Waals surface area contributed by atoms with Crippen molar-refractivity contribution in [3.63, 3.8) is 0 Å². The summed E-state index contributed by atoms with van der Waals surface area (Å²) in [6.45, 7) is 10.0. The molecule has 1 N–H and O–H groups in total. The van der Waals surface area contributed by atoms with Gasteiger partial charge in [-0.2, -0.15) is 0 Å². The van der Waals surface area contributed by atoms with Gasteiger partial charge in [-0.25, -0.2) is 4.98 Å². The van der Waals surface area contributed by atoms with E-state index >= 15 is 0 Å². The molecule has 2 nitrogen and oxygen atoms in total. The van der Waals surface area contributed by atoms with Crippen molar-refractivity contribution < 1.29 is 0 Å². The van der Waals surface area contributed by atoms with Crippen molar-refractivity contribution in [2.75, 3.05) is 6.54 Å². The fourth-order valence-corrected chi connectivity index (χ4v) is 4.18. The van der Waals surface area contributed by atoms with Crippen molar-refractivity contribution in [2.24, 2.45) is 5.41 Å². The Morgan fingerprint density at radius 1 is 1.44 bits per heavy atom. The van der Waals surface area contributed by atoms with Gasteiger partial charge in [-0.3, -0.25) is 0 Å². The summed E-state index contributed by atoms with van der Waals surface area (Å²) >= 11 is 1.81. The van der Waals surface area contributed by atoms with Gasteiger partial charge in [-0.05, 0) is 31.7 Å². The molecule has 1 aliphatic rings. The topological polar surface area (TPSA) is 24.9 Å². The minimum atomic E-state index is 0.112. The van der Waals surface area contributed by atoms with Gasteiger partial charge in [0.25, 0.3) is 0 Å². The molecule has 0 spiro atoms. The first-order valence-electron chi connectivity index (χ1n) is 6.19. The first kappa shape index (κ1) is 12.1. The van der Waals surface area contributed by atoms with E-state index in [0.29, 0.717) is 5.41 Å². The van der Waals surface area contributed by atoms with Crippen LogP contribution in [0.1, 0.15) is 50.7 Å². The normalized spacial score (nSPS) is 28.5. The molecule has 1 unspecified atom stereocenters. The smallest absolute Gasteiger partial charge is 0.114 e. The predicted molar refractivity (Wildman–Crippen MR) is 69.8 cm³/mol. The molecule has 1 aromatic rings. The van der Waals surface area contributed by atoms with E-state index in [1.807, 2.05) is 11.3 Å². The van der Waals surface area contributed by atoms with E-state index in [2.05, 4.69) is 38.4 Å². The van der Waals surface area contributed by atoms with Gasteiger partial charge in [0.2, 0.25) is 0 Å². The highest BCUT2D eigenvalue weighted by molar-refractivity contribution is 7.09. The first-order valence-corrected chi connectivity index (χ1v) is 7.07. The maximum atomic E-state index is 4.74. The van der Waals surface area contributed by atoms with Gasteiger partial charge >= 0.3 is 0 Å². The van der Waals surface area contributed by atoms with Gasteiger partial charge in [0.05, 0.1) is 5.54 Å². The largest absolute Gasteiger partial charge is 0.305 e. The van der Waals surface area contributed by atoms with Crippen molar-refractivity contribution in [1.29, 1.82) is 0 Å². The number of rotatable bonds is 3. The third kappa shape index (κ3) is 1.70. The van der Waals surface area contributed by atoms with Crippen LogP contribution in [-0.4, -0.2) is 11.5 Å². The molecule has 1 heterocycles. The van der Waals surface area contributed by atoms with Crippen LogP contribution in [0.15, 0.2) is 5.38 Å². The molecule has 1 aromatic heterocycles. The van der Waals surface area contributed by atoms with Crippen LogP contribution in [0.25, 0.3) is 0 Å². The summed E-state index contributed by atoms with van der Waals surface area (Å²) in [6, 6.07) is 0. The molecule has 0 radical (unpaired) electrons. The molecule has 1 fully saturated rings. The third-order valence-electron chi connectivity index (χ3n) is 3.97. The van der Waals surface area contributed by atoms with Crippen LogP contribution in [0.4, 0.5) is 0 Å². The van der Waals surface area contributed by atoms with Gasteiger partial charge in [0, 0.05) is 11.1 Å². The zero-order valence-corrected chi connectivity index (χ0v) is 11.6. The standard InChI is InChI=1S/C13H22N2S/c1-5-14-13(8-6-7-12(13,3)4)11-15-10(2)9-16-11/h9,14H,5-8H2,1-4H3. The lowest BCUT2D eigenvalue weighted by atomic mass is 9.75. The van der Waals surface area contributed by atoms with Crippen LogP contribution in [0.5, 0.6) is 0 Å². The number of hydrogen-bond acceptors (Lipinski definition) is 3. The molecule has 0 bridgehead atoms. The number of hydrogen-bond donors (Lipinski definition) is 1. The Bertz CT molecular complexity index is 370. The SMILES string of the molecule is CCNC1(c2nc(C)cs2)CCCC1(C)C. The summed E-state index contributed by atoms with van der Waals surface area (Å²) in [7, 11) is 0. The molecule has 0 amide bonds. The van der Waals surface area contributed by atoms with E-state index in [0.717, 1.165) is 12.2 Å². The first-order chi connectivity index (χ1) is 7.52. The predicted octanol–water partition coefficient (Wildman–Crippen LogP) is 3.47. The zero-order valence-electron chi connectivity index (χ0n) is 10.8. The lowest BCUT2D eigenvalue weighted by Gasteiger charge is -2.40. The molecular weight excluding hydrogens is 216 g/mol. The van der Waals surface area contributed by atoms with Crippen molar-refractivity contribution in [2.45, 2.75) is 52.5 Å². The van der Waals surface area contributed by atoms with E-state index in [-0.39, 0.29) is 5.54 Å². The Morgan fingerprint density at radius 2 is 2.19 bits per heavy atom. The average molecular weight is 238 g/mol. The maximum Gasteiger partial charge on any atom is 0.114 e. The average Bonchev–Trinajstić information content (AvgIpc) is 2.73. The summed E-state index contributed by atoms with van der Waals surface area (Å²) in [5.74, 6) is 0. The molecule has 2 rings (SSSR count). The summed E-state index contributed by atoms with van der Waals surface area (Å²) in [6.07, 6.45) is 3.82. The van der Waals surface area contributed by atoms with Crippen LogP contribution in [0.2, 0.25) is 0 Å². The maximum absolute atomic E-state index is 4.74. The molecule has 1 atom stereocenters. The van der Waals surface area contributed by atoms with Crippen molar-refractivity contribution >= 4 is 11.3 Å². The Labute approximate surface area is 102 Å². The minimum Gasteiger partial charge on any atom is -0.305 e. The highest BCUT2D eigenvalue weighted by Gasteiger charge is 2.51. The lowest BCUT2D eigenvalue weighted by molar-refractivity contribution is 0.158. The second-order valence-electron chi connectivity index (χ2n) is 5.47. The quantitative estimate of drug-likeness (QED) is 0.872. The van der Waals surface area contributed by atoms with Gasteiger partial charge in [0.15, 0.2) is 0 Å². The molecule has 1 aliphatic carbocycles. The molecular formula is C13H22N2S. The summed E-state index contributed by atoms with van der Waals surface area (Å²) in [5.41, 5.74) is 1.58. The number of aromatic nitrogens is 1. The molecule has 0 aromatic carbocycles. The van der Waals surface area contributed by atoms with Gasteiger partial charge in [-0.1, -0.05) is 27.2 Å². The monoisotopic (exact) mass is 238 g/mol. The van der Waals surface area contributed by atoms with Crippen molar-refractivity contribution in [3.05, 3.63) is 16.1 Å². The Hall–Kier alpha value is -0.410. The van der Waals surface area contributed by atoms with E-state index < -0.39 is 0 Å². The van der Waals surface area contributed by atoms with Crippen molar-refractivity contribution in [3.8, 4) is 0 Å². The number of nitrogens with zero attached hydrogens (tertiary/aromatic N) is 1. The molecule has 1 saturated carbocycles. The summed E-state index contributed by atoms with van der Waals surface area (Å²) in [5, 5.41) is 7.18. The fourth-order valence-electron chi connectivity index (χ4n) is 3.00. The Morgan fingerprint density at radius 3 is 2.62 bits per heavy atom. The molecule has 3 heteroatoms. The molecule has 90 valence electrons. The highest BCUT2D eigenvalue weighted by atomic mass is 32.1. The van der Waals surface area contributed by atoms with E-state index in [4.69, 9.17) is 4.98 Å². The number of thiazole rings is 1. The van der Waals surface area contributed by atoms with Gasteiger partial charge < -0.3 is 5.32 Å². The number of aryl methyl sites for hydroxylation is 1. The second kappa shape index (κ2) is 4.11. The Kier molecular flexibility index (Phi) is 3.10. The zero-order chi connectivity index (χ0) is 11.8. The van der Waals surface area contributed by atoms with E-state index in [9.17, 15) is 0 Å². The molecule has 0 saturated heterocycles. The van der Waals surface area contributed by atoms with E-state index in [1.165, 1.54) is 24.3 Å².